The highest BCUT2D eigenvalue weighted by Crippen LogP contribution is 2.47. The molecule has 2 aromatic carbocycles. The second-order valence-electron chi connectivity index (χ2n) is 5.65. The van der Waals surface area contributed by atoms with Gasteiger partial charge in [0.25, 0.3) is 0 Å². The molecule has 21 heavy (non-hydrogen) atoms. The van der Waals surface area contributed by atoms with Crippen LogP contribution in [0.15, 0.2) is 54.6 Å². The molecule has 2 unspecified atom stereocenters. The largest absolute Gasteiger partial charge is 0.359 e. The molecule has 0 heterocycles. The average Bonchev–Trinajstić information content (AvgIpc) is 3.14. The molecule has 0 aromatic heterocycles. The minimum Gasteiger partial charge on any atom is -0.359 e. The smallest absolute Gasteiger partial charge is 0.171 e. The molecule has 0 saturated heterocycles. The van der Waals surface area contributed by atoms with E-state index in [1.54, 1.807) is 0 Å². The standard InChI is InChI=1S/C17H17ClN2S/c1-17(12-5-3-2-4-6-12)11-15(17)20-16(21)19-14-9-7-13(18)8-10-14/h2-10,15H,11H2,1H3,(H2,19,20,21). The van der Waals surface area contributed by atoms with Crippen molar-refractivity contribution in [3.8, 4) is 0 Å². The summed E-state index contributed by atoms with van der Waals surface area (Å²) in [6, 6.07) is 18.5. The van der Waals surface area contributed by atoms with Gasteiger partial charge in [-0.05, 0) is 48.5 Å². The van der Waals surface area contributed by atoms with Crippen molar-refractivity contribution in [3.63, 3.8) is 0 Å². The predicted octanol–water partition coefficient (Wildman–Crippen LogP) is 4.36. The Hall–Kier alpha value is -1.58. The van der Waals surface area contributed by atoms with Crippen molar-refractivity contribution in [2.24, 2.45) is 0 Å². The van der Waals surface area contributed by atoms with Gasteiger partial charge in [0.05, 0.1) is 0 Å². The number of hydrogen-bond donors (Lipinski definition) is 2. The van der Waals surface area contributed by atoms with Crippen LogP contribution in [-0.2, 0) is 5.41 Å². The third-order valence-electron chi connectivity index (χ3n) is 4.08. The second-order valence-corrected chi connectivity index (χ2v) is 6.49. The number of anilines is 1. The fourth-order valence-electron chi connectivity index (χ4n) is 2.57. The van der Waals surface area contributed by atoms with Gasteiger partial charge in [-0.2, -0.15) is 0 Å². The maximum atomic E-state index is 5.87. The lowest BCUT2D eigenvalue weighted by atomic mass is 9.98. The lowest BCUT2D eigenvalue weighted by molar-refractivity contribution is 0.706. The van der Waals surface area contributed by atoms with E-state index in [2.05, 4.69) is 41.8 Å². The van der Waals surface area contributed by atoms with Crippen molar-refractivity contribution in [2.45, 2.75) is 24.8 Å². The van der Waals surface area contributed by atoms with Crippen LogP contribution in [0.4, 0.5) is 5.69 Å². The summed E-state index contributed by atoms with van der Waals surface area (Å²) >= 11 is 11.3. The third-order valence-corrected chi connectivity index (χ3v) is 4.55. The van der Waals surface area contributed by atoms with Crippen molar-refractivity contribution in [1.29, 1.82) is 0 Å². The Kier molecular flexibility index (Phi) is 3.87. The molecule has 2 atom stereocenters. The maximum Gasteiger partial charge on any atom is 0.171 e. The molecule has 0 aliphatic heterocycles. The molecular weight excluding hydrogens is 300 g/mol. The quantitative estimate of drug-likeness (QED) is 0.823. The molecule has 1 saturated carbocycles. The molecular formula is C17H17ClN2S. The summed E-state index contributed by atoms with van der Waals surface area (Å²) in [5.41, 5.74) is 2.48. The van der Waals surface area contributed by atoms with E-state index in [1.165, 1.54) is 5.56 Å². The Morgan fingerprint density at radius 1 is 1.14 bits per heavy atom. The van der Waals surface area contributed by atoms with Crippen molar-refractivity contribution in [3.05, 3.63) is 65.2 Å². The molecule has 0 spiro atoms. The highest BCUT2D eigenvalue weighted by atomic mass is 35.5. The van der Waals surface area contributed by atoms with E-state index < -0.39 is 0 Å². The van der Waals surface area contributed by atoms with Crippen LogP contribution in [0.2, 0.25) is 5.02 Å². The van der Waals surface area contributed by atoms with Crippen LogP contribution < -0.4 is 10.6 Å². The van der Waals surface area contributed by atoms with Crippen LogP contribution in [0.1, 0.15) is 18.9 Å². The van der Waals surface area contributed by atoms with Crippen LogP contribution in [0, 0.1) is 0 Å². The van der Waals surface area contributed by atoms with E-state index in [-0.39, 0.29) is 5.41 Å². The highest BCUT2D eigenvalue weighted by Gasteiger charge is 2.51. The number of thiocarbonyl (C=S) groups is 1. The van der Waals surface area contributed by atoms with Crippen LogP contribution in [0.3, 0.4) is 0 Å². The summed E-state index contributed by atoms with van der Waals surface area (Å²) in [5, 5.41) is 7.96. The average molecular weight is 317 g/mol. The lowest BCUT2D eigenvalue weighted by Gasteiger charge is -2.15. The number of benzene rings is 2. The molecule has 1 aliphatic rings. The molecule has 2 N–H and O–H groups in total. The van der Waals surface area contributed by atoms with Crippen LogP contribution in [0.5, 0.6) is 0 Å². The molecule has 0 bridgehead atoms. The first-order valence-electron chi connectivity index (χ1n) is 6.96. The molecule has 1 aliphatic carbocycles. The minimum atomic E-state index is 0.174. The van der Waals surface area contributed by atoms with Gasteiger partial charge in [-0.15, -0.1) is 0 Å². The van der Waals surface area contributed by atoms with Crippen LogP contribution >= 0.6 is 23.8 Å². The Morgan fingerprint density at radius 3 is 2.48 bits per heavy atom. The van der Waals surface area contributed by atoms with Crippen LogP contribution in [0.25, 0.3) is 0 Å². The van der Waals surface area contributed by atoms with E-state index in [4.69, 9.17) is 23.8 Å². The lowest BCUT2D eigenvalue weighted by Crippen LogP contribution is -2.33. The predicted molar refractivity (Wildman–Crippen MR) is 93.0 cm³/mol. The van der Waals surface area contributed by atoms with Gasteiger partial charge in [0.1, 0.15) is 0 Å². The molecule has 2 aromatic rings. The zero-order chi connectivity index (χ0) is 14.9. The maximum absolute atomic E-state index is 5.87. The topological polar surface area (TPSA) is 24.1 Å². The number of halogens is 1. The van der Waals surface area contributed by atoms with Gasteiger partial charge < -0.3 is 10.6 Å². The molecule has 0 amide bonds. The number of hydrogen-bond acceptors (Lipinski definition) is 1. The molecule has 108 valence electrons. The first kappa shape index (κ1) is 14.4. The van der Waals surface area contributed by atoms with E-state index in [0.717, 1.165) is 17.1 Å². The van der Waals surface area contributed by atoms with Gasteiger partial charge >= 0.3 is 0 Å². The first-order chi connectivity index (χ1) is 10.1. The summed E-state index contributed by atoms with van der Waals surface area (Å²) in [5.74, 6) is 0. The number of rotatable bonds is 3. The fraction of sp³-hybridized carbons (Fsp3) is 0.235. The summed E-state index contributed by atoms with van der Waals surface area (Å²) in [4.78, 5) is 0. The van der Waals surface area contributed by atoms with Gasteiger partial charge in [0.15, 0.2) is 5.11 Å². The Bertz CT molecular complexity index is 642. The summed E-state index contributed by atoms with van der Waals surface area (Å²) < 4.78 is 0. The van der Waals surface area contributed by atoms with E-state index in [9.17, 15) is 0 Å². The molecule has 0 radical (unpaired) electrons. The van der Waals surface area contributed by atoms with Gasteiger partial charge in [-0.3, -0.25) is 0 Å². The van der Waals surface area contributed by atoms with Gasteiger partial charge in [0.2, 0.25) is 0 Å². The number of nitrogens with one attached hydrogen (secondary N) is 2. The van der Waals surface area contributed by atoms with Crippen molar-refractivity contribution in [1.82, 2.24) is 5.32 Å². The SMILES string of the molecule is CC1(c2ccccc2)CC1NC(=S)Nc1ccc(Cl)cc1. The normalized spacial score (nSPS) is 23.4. The summed E-state index contributed by atoms with van der Waals surface area (Å²) in [6.07, 6.45) is 1.10. The van der Waals surface area contributed by atoms with Crippen molar-refractivity contribution in [2.75, 3.05) is 5.32 Å². The zero-order valence-electron chi connectivity index (χ0n) is 11.8. The van der Waals surface area contributed by atoms with Gasteiger partial charge in [-0.25, -0.2) is 0 Å². The highest BCUT2D eigenvalue weighted by molar-refractivity contribution is 7.80. The van der Waals surface area contributed by atoms with Gasteiger partial charge in [-0.1, -0.05) is 48.9 Å². The Labute approximate surface area is 135 Å². The monoisotopic (exact) mass is 316 g/mol. The minimum absolute atomic E-state index is 0.174. The molecule has 1 fully saturated rings. The zero-order valence-corrected chi connectivity index (χ0v) is 13.3. The first-order valence-corrected chi connectivity index (χ1v) is 7.75. The molecule has 3 rings (SSSR count). The van der Waals surface area contributed by atoms with Crippen molar-refractivity contribution >= 4 is 34.6 Å². The van der Waals surface area contributed by atoms with Gasteiger partial charge in [0, 0.05) is 22.2 Å². The van der Waals surface area contributed by atoms with E-state index in [0.29, 0.717) is 11.2 Å². The second kappa shape index (κ2) is 5.66. The Balaban J connectivity index is 1.59. The van der Waals surface area contributed by atoms with Crippen molar-refractivity contribution < 1.29 is 0 Å². The summed E-state index contributed by atoms with van der Waals surface area (Å²) in [7, 11) is 0. The Morgan fingerprint density at radius 2 is 1.81 bits per heavy atom. The summed E-state index contributed by atoms with van der Waals surface area (Å²) in [6.45, 7) is 2.27. The fourth-order valence-corrected chi connectivity index (χ4v) is 2.96. The van der Waals surface area contributed by atoms with Crippen LogP contribution in [-0.4, -0.2) is 11.2 Å². The third kappa shape index (κ3) is 3.20. The van der Waals surface area contributed by atoms with E-state index >= 15 is 0 Å². The van der Waals surface area contributed by atoms with E-state index in [1.807, 2.05) is 30.3 Å². The molecule has 4 heteroatoms. The molecule has 2 nitrogen and oxygen atoms in total.